The first-order chi connectivity index (χ1) is 19.6. The number of unbranched alkanes of at least 4 members (excludes halogenated alkanes) is 13. The fraction of sp³-hybridized carbons (Fsp3) is 0.697. The zero-order valence-electron chi connectivity index (χ0n) is 25.4. The Morgan fingerprint density at radius 3 is 2.07 bits per heavy atom. The van der Waals surface area contributed by atoms with Crippen molar-refractivity contribution >= 4 is 20.9 Å². The Hall–Kier alpha value is -1.28. The molecule has 6 nitrogen and oxygen atoms in total. The second-order valence-electron chi connectivity index (χ2n) is 11.2. The van der Waals surface area contributed by atoms with Gasteiger partial charge < -0.3 is 28.7 Å². The van der Waals surface area contributed by atoms with Gasteiger partial charge in [0.1, 0.15) is 6.54 Å². The summed E-state index contributed by atoms with van der Waals surface area (Å²) in [5, 5.41) is 10.3. The molecule has 8 heteroatoms. The van der Waals surface area contributed by atoms with Crippen molar-refractivity contribution in [2.24, 2.45) is 5.92 Å². The van der Waals surface area contributed by atoms with Gasteiger partial charge in [0.2, 0.25) is 15.5 Å². The molecule has 0 amide bonds. The lowest BCUT2D eigenvalue weighted by molar-refractivity contribution is -0.671. The quantitative estimate of drug-likeness (QED) is 0.0943. The van der Waals surface area contributed by atoms with Crippen LogP contribution in [0.25, 0.3) is 10.9 Å². The molecular weight excluding hydrogens is 645 g/mol. The van der Waals surface area contributed by atoms with E-state index in [0.29, 0.717) is 26.2 Å². The number of halogens is 1. The van der Waals surface area contributed by atoms with Gasteiger partial charge in [-0.2, -0.15) is 9.83 Å². The highest BCUT2D eigenvalue weighted by molar-refractivity contribution is 7.89. The number of pyridine rings is 1. The molecule has 1 atom stereocenters. The number of rotatable bonds is 25. The average molecular weight is 700 g/mol. The third kappa shape index (κ3) is 18.1. The number of aromatic nitrogens is 1. The summed E-state index contributed by atoms with van der Waals surface area (Å²) in [7, 11) is -3.41. The van der Waals surface area contributed by atoms with Crippen LogP contribution >= 0.6 is 0 Å². The molecule has 0 bridgehead atoms. The van der Waals surface area contributed by atoms with Crippen LogP contribution in [0.3, 0.4) is 0 Å². The molecule has 1 unspecified atom stereocenters. The lowest BCUT2D eigenvalue weighted by Gasteiger charge is -2.15. The number of sulfonamides is 1. The highest BCUT2D eigenvalue weighted by atomic mass is 127. The molecule has 2 aromatic rings. The monoisotopic (exact) mass is 699 g/mol. The Labute approximate surface area is 267 Å². The van der Waals surface area contributed by atoms with Crippen LogP contribution in [0.4, 0.5) is 0 Å². The van der Waals surface area contributed by atoms with Crippen LogP contribution in [0.1, 0.15) is 110 Å². The highest BCUT2D eigenvalue weighted by Crippen LogP contribution is 2.13. The second-order valence-corrected chi connectivity index (χ2v) is 13.1. The van der Waals surface area contributed by atoms with Gasteiger partial charge in [-0.1, -0.05) is 103 Å². The van der Waals surface area contributed by atoms with Gasteiger partial charge in [0.15, 0.2) is 6.20 Å². The fourth-order valence-corrected chi connectivity index (χ4v) is 6.27. The standard InChI is InChI=1S/C33H54N3O3S.HI/c1-2-3-4-5-6-7-8-9-10-11-12-13-14-17-27-39-30-31(23-24-34)29-35-40(37,38)28-19-26-36-25-18-21-32-20-15-16-22-33(32)36;/h15-16,18,20-22,25,31,35H,2-14,17,19,23,26-30H2,1H3;1H/q+1;/p-1. The first-order valence-corrected chi connectivity index (χ1v) is 17.5. The van der Waals surface area contributed by atoms with E-state index in [1.807, 2.05) is 30.5 Å². The van der Waals surface area contributed by atoms with Crippen molar-refractivity contribution in [3.63, 3.8) is 0 Å². The number of nitrogens with one attached hydrogen (secondary N) is 1. The number of aryl methyl sites for hydroxylation is 1. The molecule has 1 aromatic heterocycles. The molecule has 0 aliphatic rings. The molecule has 2 rings (SSSR count). The van der Waals surface area contributed by atoms with E-state index in [9.17, 15) is 8.42 Å². The molecule has 0 spiro atoms. The van der Waals surface area contributed by atoms with Crippen LogP contribution in [-0.2, 0) is 21.3 Å². The summed E-state index contributed by atoms with van der Waals surface area (Å²) in [6.45, 7) is 4.24. The summed E-state index contributed by atoms with van der Waals surface area (Å²) in [4.78, 5) is 0. The van der Waals surface area contributed by atoms with E-state index in [-0.39, 0.29) is 48.6 Å². The summed E-state index contributed by atoms with van der Waals surface area (Å²) in [5.74, 6) is -0.0681. The number of fused-ring (bicyclic) bond motifs is 1. The Morgan fingerprint density at radius 1 is 0.854 bits per heavy atom. The van der Waals surface area contributed by atoms with Gasteiger partial charge in [0, 0.05) is 49.4 Å². The minimum absolute atomic E-state index is 0. The molecule has 0 fully saturated rings. The maximum Gasteiger partial charge on any atom is 0.212 e. The predicted octanol–water partition coefficient (Wildman–Crippen LogP) is 4.47. The molecule has 1 aromatic carbocycles. The Morgan fingerprint density at radius 2 is 1.44 bits per heavy atom. The predicted molar refractivity (Wildman–Crippen MR) is 165 cm³/mol. The number of nitriles is 1. The molecule has 232 valence electrons. The Balaban J connectivity index is 0.00000840. The van der Waals surface area contributed by atoms with Gasteiger partial charge in [0.25, 0.3) is 0 Å². The first kappa shape index (κ1) is 37.7. The van der Waals surface area contributed by atoms with Crippen LogP contribution in [0.2, 0.25) is 0 Å². The van der Waals surface area contributed by atoms with Gasteiger partial charge in [-0.05, 0) is 18.6 Å². The van der Waals surface area contributed by atoms with Gasteiger partial charge >= 0.3 is 0 Å². The molecule has 1 heterocycles. The van der Waals surface area contributed by atoms with Crippen LogP contribution in [0.5, 0.6) is 0 Å². The van der Waals surface area contributed by atoms with Crippen molar-refractivity contribution in [2.45, 2.75) is 116 Å². The molecule has 0 radical (unpaired) electrons. The maximum absolute atomic E-state index is 12.6. The zero-order chi connectivity index (χ0) is 28.7. The molecule has 1 N–H and O–H groups in total. The first-order valence-electron chi connectivity index (χ1n) is 15.8. The fourth-order valence-electron chi connectivity index (χ4n) is 5.13. The van der Waals surface area contributed by atoms with Crippen molar-refractivity contribution in [2.75, 3.05) is 25.5 Å². The van der Waals surface area contributed by atoms with E-state index in [0.717, 1.165) is 17.3 Å². The largest absolute Gasteiger partial charge is 1.00 e. The molecular formula is C33H54IN3O3S. The van der Waals surface area contributed by atoms with E-state index >= 15 is 0 Å². The van der Waals surface area contributed by atoms with Crippen molar-refractivity contribution in [3.05, 3.63) is 42.6 Å². The molecule has 0 saturated carbocycles. The number of para-hydroxylation sites is 1. The minimum Gasteiger partial charge on any atom is -1.00 e. The SMILES string of the molecule is CCCCCCCCCCCCCCCCOCC(CC#N)CNS(=O)(=O)CCC[n+]1cccc2ccccc21.[I-]. The topological polar surface area (TPSA) is 83.1 Å². The number of ether oxygens (including phenoxy) is 1. The van der Waals surface area contributed by atoms with Gasteiger partial charge in [-0.25, -0.2) is 13.1 Å². The summed E-state index contributed by atoms with van der Waals surface area (Å²) in [6.07, 6.45) is 21.3. The van der Waals surface area contributed by atoms with Gasteiger partial charge in [-0.15, -0.1) is 0 Å². The smallest absolute Gasteiger partial charge is 0.212 e. The van der Waals surface area contributed by atoms with E-state index in [1.54, 1.807) is 0 Å². The third-order valence-electron chi connectivity index (χ3n) is 7.57. The number of benzene rings is 1. The maximum atomic E-state index is 12.6. The summed E-state index contributed by atoms with van der Waals surface area (Å²) < 4.78 is 35.8. The second kappa shape index (κ2) is 24.2. The van der Waals surface area contributed by atoms with Crippen LogP contribution in [0, 0.1) is 17.2 Å². The van der Waals surface area contributed by atoms with E-state index < -0.39 is 10.0 Å². The highest BCUT2D eigenvalue weighted by Gasteiger charge is 2.17. The van der Waals surface area contributed by atoms with Gasteiger partial charge in [-0.3, -0.25) is 0 Å². The normalized spacial score (nSPS) is 12.2. The van der Waals surface area contributed by atoms with Gasteiger partial charge in [0.05, 0.1) is 18.4 Å². The molecule has 0 saturated heterocycles. The van der Waals surface area contributed by atoms with Crippen LogP contribution in [0.15, 0.2) is 42.6 Å². The third-order valence-corrected chi connectivity index (χ3v) is 9.00. The summed E-state index contributed by atoms with van der Waals surface area (Å²) in [6, 6.07) is 14.3. The van der Waals surface area contributed by atoms with Crippen molar-refractivity contribution in [1.82, 2.24) is 4.72 Å². The Kier molecular flexibility index (Phi) is 22.3. The molecule has 0 aliphatic carbocycles. The lowest BCUT2D eigenvalue weighted by Crippen LogP contribution is -3.00. The van der Waals surface area contributed by atoms with Crippen LogP contribution in [-0.4, -0.2) is 33.9 Å². The molecule has 41 heavy (non-hydrogen) atoms. The average Bonchev–Trinajstić information content (AvgIpc) is 2.95. The van der Waals surface area contributed by atoms with Crippen molar-refractivity contribution in [1.29, 1.82) is 5.26 Å². The number of hydrogen-bond acceptors (Lipinski definition) is 4. The number of hydrogen-bond donors (Lipinski definition) is 1. The van der Waals surface area contributed by atoms with E-state index in [4.69, 9.17) is 10.00 Å². The summed E-state index contributed by atoms with van der Waals surface area (Å²) in [5.41, 5.74) is 1.10. The van der Waals surface area contributed by atoms with E-state index in [2.05, 4.69) is 34.4 Å². The van der Waals surface area contributed by atoms with Crippen LogP contribution < -0.4 is 33.3 Å². The zero-order valence-corrected chi connectivity index (χ0v) is 28.3. The van der Waals surface area contributed by atoms with E-state index in [1.165, 1.54) is 83.5 Å². The van der Waals surface area contributed by atoms with Crippen molar-refractivity contribution in [3.8, 4) is 6.07 Å². The minimum atomic E-state index is -3.41. The number of nitrogens with zero attached hydrogens (tertiary/aromatic N) is 2. The lowest BCUT2D eigenvalue weighted by atomic mass is 10.0. The van der Waals surface area contributed by atoms with Crippen molar-refractivity contribution < 1.29 is 41.7 Å². The molecule has 0 aliphatic heterocycles. The Bertz CT molecular complexity index is 1070. The summed E-state index contributed by atoms with van der Waals surface area (Å²) >= 11 is 0.